The molecule has 4 aromatic carbocycles. The van der Waals surface area contributed by atoms with E-state index in [9.17, 15) is 69.5 Å². The number of nitrogen functional groups attached to an aromatic ring is 1. The van der Waals surface area contributed by atoms with Crippen molar-refractivity contribution in [3.8, 4) is 0 Å². The smallest absolute Gasteiger partial charge is 0.870 e. The van der Waals surface area contributed by atoms with Gasteiger partial charge in [0.1, 0.15) is 17.9 Å². The van der Waals surface area contributed by atoms with Gasteiger partial charge in [-0.3, -0.25) is 52.4 Å². The normalized spacial score (nSPS) is 19.6. The van der Waals surface area contributed by atoms with Crippen LogP contribution in [0, 0.1) is 18.7 Å². The topological polar surface area (TPSA) is 299 Å². The Bertz CT molecular complexity index is 3060. The van der Waals surface area contributed by atoms with Crippen molar-refractivity contribution in [1.82, 2.24) is 25.3 Å². The molecule has 10 rings (SSSR count). The van der Waals surface area contributed by atoms with Gasteiger partial charge in [0.2, 0.25) is 35.5 Å². The fraction of sp³-hybridized carbons (Fsp3) is 0.452. The number of nitrogens with two attached hydrogens (primary N) is 1. The Labute approximate surface area is 563 Å². The van der Waals surface area contributed by atoms with Crippen molar-refractivity contribution in [3.05, 3.63) is 130 Å². The summed E-state index contributed by atoms with van der Waals surface area (Å²) in [7, 11) is 3.98. The number of hydrogen-bond acceptors (Lipinski definition) is 15. The molecule has 0 bridgehead atoms. The Morgan fingerprint density at radius 2 is 1.28 bits per heavy atom. The Balaban J connectivity index is 0.00000117. The Kier molecular flexibility index (Phi) is 38.3. The molecule has 92 heavy (non-hydrogen) atoms. The molecule has 4 aliphatic heterocycles. The molecule has 0 spiro atoms. The van der Waals surface area contributed by atoms with Crippen LogP contribution in [0.15, 0.2) is 97.1 Å². The number of anilines is 2. The molecule has 4 aromatic rings. The first-order valence-corrected chi connectivity index (χ1v) is 28.7. The molecule has 5 N–H and O–H groups in total. The molecule has 500 valence electrons. The van der Waals surface area contributed by atoms with Crippen LogP contribution in [0.25, 0.3) is 0 Å². The number of amides is 6. The minimum atomic E-state index is -2.86. The SMILES string of the molecule is CC1CC(F)(F)C1.CN1C(=O)CC[C@H]1C(=O)N(c1cccc(F)c1)C(C(=O)NC1CC(F)(F)C1)c1ccccc1Cl.CN1C(=O)CC[C@H]1OC=O.C[C@@H]1CCC(=O)N1C.Cc1cccc(N)c1.O=C=O.O=CO[C@@H]1CCC(=O)N1.O=Cc1ccccc1Cl.[2H]CF.[Na+].[OH-]. The molecule has 4 heterocycles. The first-order valence-electron chi connectivity index (χ1n) is 28.6. The quantitative estimate of drug-likeness (QED) is 0.0628. The minimum Gasteiger partial charge on any atom is -0.870 e. The molecule has 0 aromatic heterocycles. The molecule has 6 aliphatic rings. The number of ether oxygens (including phenoxy) is 2. The van der Waals surface area contributed by atoms with E-state index in [1.165, 1.54) is 46.7 Å². The van der Waals surface area contributed by atoms with Gasteiger partial charge in [0, 0.05) is 125 Å². The van der Waals surface area contributed by atoms with Crippen molar-refractivity contribution in [2.45, 2.75) is 146 Å². The number of likely N-dealkylation sites (N-methyl/N-ethyl adjacent to an activating group) is 1. The zero-order valence-electron chi connectivity index (χ0n) is 52.8. The third-order valence-corrected chi connectivity index (χ3v) is 15.0. The molecular weight excluding hydrogens is 1270 g/mol. The summed E-state index contributed by atoms with van der Waals surface area (Å²) >= 11 is 12.0. The summed E-state index contributed by atoms with van der Waals surface area (Å²) in [5.41, 5.74) is 8.38. The van der Waals surface area contributed by atoms with Crippen LogP contribution in [-0.4, -0.2) is 152 Å². The molecular formula is C62H76Cl2F6N7NaO14. The number of halogens is 8. The first-order chi connectivity index (χ1) is 42.9. The Hall–Kier alpha value is -7.39. The van der Waals surface area contributed by atoms with Crippen molar-refractivity contribution < 1.29 is 125 Å². The average Bonchev–Trinajstić information content (AvgIpc) is 1.54. The van der Waals surface area contributed by atoms with Crippen LogP contribution in [0.3, 0.4) is 0 Å². The summed E-state index contributed by atoms with van der Waals surface area (Å²) in [6, 6.07) is 23.7. The molecule has 2 aliphatic carbocycles. The van der Waals surface area contributed by atoms with Crippen LogP contribution in [0.4, 0.5) is 37.7 Å². The number of aldehydes is 1. The molecule has 30 heteroatoms. The second-order valence-corrected chi connectivity index (χ2v) is 21.9. The van der Waals surface area contributed by atoms with Crippen LogP contribution in [0.1, 0.15) is 120 Å². The molecule has 6 fully saturated rings. The first kappa shape index (κ1) is 82.6. The molecule has 6 amide bonds. The number of likely N-dealkylation sites (tertiary alicyclic amines) is 3. The molecule has 2 saturated carbocycles. The predicted molar refractivity (Wildman–Crippen MR) is 322 cm³/mol. The number of carbonyl (C=O) groups excluding carboxylic acids is 11. The van der Waals surface area contributed by atoms with Gasteiger partial charge in [0.15, 0.2) is 18.7 Å². The second kappa shape index (κ2) is 42.7. The van der Waals surface area contributed by atoms with Gasteiger partial charge in [-0.05, 0) is 80.6 Å². The number of rotatable bonds is 11. The summed E-state index contributed by atoms with van der Waals surface area (Å²) in [5, 5.41) is 5.72. The predicted octanol–water partition coefficient (Wildman–Crippen LogP) is 6.46. The number of hydrogen-bond donors (Lipinski definition) is 3. The number of nitrogens with zero attached hydrogens (tertiary/aromatic N) is 4. The largest absolute Gasteiger partial charge is 1.00 e. The van der Waals surface area contributed by atoms with Gasteiger partial charge in [-0.15, -0.1) is 0 Å². The maximum Gasteiger partial charge on any atom is 1.00 e. The van der Waals surface area contributed by atoms with Gasteiger partial charge in [-0.1, -0.05) is 84.7 Å². The second-order valence-electron chi connectivity index (χ2n) is 21.1. The summed E-state index contributed by atoms with van der Waals surface area (Å²) in [6.07, 6.45) is 3.79. The third-order valence-electron chi connectivity index (χ3n) is 14.3. The summed E-state index contributed by atoms with van der Waals surface area (Å²) in [5.74, 6) is -6.82. The van der Waals surface area contributed by atoms with E-state index in [0.717, 1.165) is 35.8 Å². The Morgan fingerprint density at radius 1 is 0.750 bits per heavy atom. The van der Waals surface area contributed by atoms with Gasteiger partial charge in [0.25, 0.3) is 24.8 Å². The maximum absolute atomic E-state index is 14.2. The van der Waals surface area contributed by atoms with E-state index >= 15 is 0 Å². The average molecular weight is 1350 g/mol. The van der Waals surface area contributed by atoms with Crippen molar-refractivity contribution in [2.24, 2.45) is 5.92 Å². The van der Waals surface area contributed by atoms with Gasteiger partial charge in [0.05, 0.1) is 13.5 Å². The van der Waals surface area contributed by atoms with E-state index in [1.54, 1.807) is 54.4 Å². The van der Waals surface area contributed by atoms with E-state index in [-0.39, 0.29) is 125 Å². The zero-order valence-corrected chi connectivity index (χ0v) is 55.4. The van der Waals surface area contributed by atoms with Gasteiger partial charge in [-0.2, -0.15) is 9.59 Å². The van der Waals surface area contributed by atoms with Crippen molar-refractivity contribution in [1.29, 1.82) is 0 Å². The number of alkyl halides is 5. The van der Waals surface area contributed by atoms with Crippen LogP contribution in [-0.2, 0) is 57.4 Å². The van der Waals surface area contributed by atoms with Gasteiger partial charge in [-0.25, -0.2) is 22.0 Å². The van der Waals surface area contributed by atoms with Gasteiger partial charge < -0.3 is 46.0 Å². The molecule has 21 nitrogen and oxygen atoms in total. The van der Waals surface area contributed by atoms with E-state index in [1.807, 2.05) is 45.2 Å². The summed E-state index contributed by atoms with van der Waals surface area (Å²) < 4.78 is 89.1. The fourth-order valence-electron chi connectivity index (χ4n) is 9.33. The molecule has 0 radical (unpaired) electrons. The fourth-order valence-corrected chi connectivity index (χ4v) is 9.75. The zero-order chi connectivity index (χ0) is 68.6. The molecule has 1 unspecified atom stereocenters. The van der Waals surface area contributed by atoms with Crippen LogP contribution >= 0.6 is 23.2 Å². The van der Waals surface area contributed by atoms with Crippen molar-refractivity contribution >= 4 is 95.4 Å². The maximum atomic E-state index is 14.2. The molecule has 5 atom stereocenters. The van der Waals surface area contributed by atoms with E-state index in [2.05, 4.69) is 27.0 Å². The number of nitrogens with one attached hydrogen (secondary N) is 2. The van der Waals surface area contributed by atoms with E-state index in [4.69, 9.17) is 39.9 Å². The van der Waals surface area contributed by atoms with E-state index in [0.29, 0.717) is 55.3 Å². The number of benzene rings is 4. The standard InChI is InChI=1S/C24H23ClF3N3O3.C7H5ClO.C7H9N.C6H9NO3.C6H11NO.C5H8F2.C5H7NO3.CH3F.CO2.Na.H2O/c1-30-19(9-10-20(30)32)23(34)31(16-6-4-5-14(26)11-16)21(17-7-2-3-8-18(17)25)22(33)29-15-12-24(27,28)13-15;8-7-4-2-1-3-6(7)5-9;1-6-3-2-4-7(8)5-6;1-7-5(9)2-3-6(7)10-4-8;1-5-3-4-6(8)7(5)2;1-4-2-5(6,7)3-4;7-3-9-5-2-1-4(8)6-5;1-2;2-1-3;;/h2-8,11,15,19,21H,9-10,12-13H2,1H3,(H,29,33);1-5H;2-5H,8H2,1H3;4,6H,2-3H2,1H3;5H,3-4H2,1-2H3;4H,2-3H2,1H3;3,5H,1-2H2,(H,6,8);1H3;;;1H2/q;;;;;;;;;+1;/p-1/t19-,21?;;;6-;5-;;5-;;;;/m0..11.1..../s1/i;;;;;;;1D;;;. The van der Waals surface area contributed by atoms with Crippen LogP contribution in [0.5, 0.6) is 0 Å². The Morgan fingerprint density at radius 3 is 1.66 bits per heavy atom. The molecule has 4 saturated heterocycles. The third kappa shape index (κ3) is 28.6. The van der Waals surface area contributed by atoms with Crippen LogP contribution < -0.4 is 50.8 Å². The van der Waals surface area contributed by atoms with E-state index < -0.39 is 67.6 Å². The summed E-state index contributed by atoms with van der Waals surface area (Å²) in [6.45, 7) is 6.66. The van der Waals surface area contributed by atoms with Crippen molar-refractivity contribution in [3.63, 3.8) is 0 Å². The minimum absolute atomic E-state index is 0. The summed E-state index contributed by atoms with van der Waals surface area (Å²) in [4.78, 5) is 123. The van der Waals surface area contributed by atoms with Crippen LogP contribution in [0.2, 0.25) is 10.0 Å². The van der Waals surface area contributed by atoms with Gasteiger partial charge >= 0.3 is 35.7 Å². The monoisotopic (exact) mass is 1350 g/mol. The van der Waals surface area contributed by atoms with Crippen molar-refractivity contribution in [2.75, 3.05) is 38.9 Å². The number of aryl methyl sites for hydroxylation is 1. The number of carbonyl (C=O) groups is 9.